The molecule has 0 spiro atoms. The molecule has 3 rings (SSSR count). The molecule has 31 heavy (non-hydrogen) atoms. The van der Waals surface area contributed by atoms with Crippen LogP contribution in [0.1, 0.15) is 5.56 Å². The third kappa shape index (κ3) is 5.87. The maximum absolute atomic E-state index is 14.2. The first-order chi connectivity index (χ1) is 14.6. The van der Waals surface area contributed by atoms with Crippen molar-refractivity contribution in [3.05, 3.63) is 60.0 Å². The summed E-state index contributed by atoms with van der Waals surface area (Å²) in [5, 5.41) is 10.8. The van der Waals surface area contributed by atoms with Gasteiger partial charge in [0.1, 0.15) is 5.75 Å². The Labute approximate surface area is 177 Å². The summed E-state index contributed by atoms with van der Waals surface area (Å²) in [5.41, 5.74) is 6.33. The van der Waals surface area contributed by atoms with Gasteiger partial charge in [-0.05, 0) is 36.8 Å². The minimum absolute atomic E-state index is 0.0225. The van der Waals surface area contributed by atoms with Gasteiger partial charge in [-0.1, -0.05) is 12.1 Å². The molecule has 0 radical (unpaired) electrons. The molecule has 162 valence electrons. The lowest BCUT2D eigenvalue weighted by Crippen LogP contribution is -2.20. The Kier molecular flexibility index (Phi) is 6.32. The van der Waals surface area contributed by atoms with E-state index < -0.39 is 21.7 Å². The molecule has 6 N–H and O–H groups in total. The Bertz CT molecular complexity index is 1240. The van der Waals surface area contributed by atoms with E-state index in [1.807, 2.05) is 0 Å². The molecule has 0 unspecified atom stereocenters. The number of primary amides is 1. The summed E-state index contributed by atoms with van der Waals surface area (Å²) in [4.78, 5) is 18.7. The predicted molar refractivity (Wildman–Crippen MR) is 112 cm³/mol. The van der Waals surface area contributed by atoms with E-state index in [1.54, 1.807) is 37.3 Å². The maximum atomic E-state index is 14.2. The first-order valence-electron chi connectivity index (χ1n) is 8.83. The van der Waals surface area contributed by atoms with Gasteiger partial charge in [0.25, 0.3) is 5.91 Å². The van der Waals surface area contributed by atoms with E-state index in [0.717, 1.165) is 6.20 Å². The number of rotatable bonds is 8. The lowest BCUT2D eigenvalue weighted by atomic mass is 10.2. The average Bonchev–Trinajstić information content (AvgIpc) is 2.70. The number of benzene rings is 2. The third-order valence-electron chi connectivity index (χ3n) is 3.97. The van der Waals surface area contributed by atoms with Crippen LogP contribution in [0.25, 0.3) is 0 Å². The Morgan fingerprint density at radius 2 is 1.90 bits per heavy atom. The highest BCUT2D eigenvalue weighted by Gasteiger charge is 2.14. The van der Waals surface area contributed by atoms with Gasteiger partial charge in [-0.2, -0.15) is 4.98 Å². The Hall–Kier alpha value is -3.77. The van der Waals surface area contributed by atoms with Gasteiger partial charge < -0.3 is 21.1 Å². The molecule has 12 heteroatoms. The smallest absolute Gasteiger partial charge is 0.255 e. The fraction of sp³-hybridized carbons (Fsp3) is 0.105. The normalized spacial score (nSPS) is 11.1. The van der Waals surface area contributed by atoms with E-state index in [1.165, 1.54) is 12.1 Å². The maximum Gasteiger partial charge on any atom is 0.255 e. The zero-order valence-corrected chi connectivity index (χ0v) is 17.1. The summed E-state index contributed by atoms with van der Waals surface area (Å²) in [6.07, 6.45) is 0.958. The summed E-state index contributed by atoms with van der Waals surface area (Å²) in [5.74, 6) is -1.11. The molecule has 0 saturated heterocycles. The van der Waals surface area contributed by atoms with Crippen LogP contribution in [0.2, 0.25) is 0 Å². The number of nitrogens with two attached hydrogens (primary N) is 2. The Balaban J connectivity index is 1.82. The highest BCUT2D eigenvalue weighted by molar-refractivity contribution is 7.89. The molecule has 0 aliphatic rings. The van der Waals surface area contributed by atoms with E-state index in [-0.39, 0.29) is 23.3 Å². The zero-order chi connectivity index (χ0) is 22.6. The van der Waals surface area contributed by atoms with E-state index >= 15 is 0 Å². The Morgan fingerprint density at radius 3 is 2.61 bits per heavy atom. The van der Waals surface area contributed by atoms with Crippen LogP contribution in [0.15, 0.2) is 53.6 Å². The molecule has 0 atom stereocenters. The summed E-state index contributed by atoms with van der Waals surface area (Å²) in [6, 6.07) is 11.0. The van der Waals surface area contributed by atoms with Crippen molar-refractivity contribution in [2.75, 3.05) is 17.2 Å². The number of carbonyl (C=O) groups excluding carboxylic acids is 1. The van der Waals surface area contributed by atoms with Gasteiger partial charge in [-0.3, -0.25) is 4.79 Å². The van der Waals surface area contributed by atoms with Crippen LogP contribution in [0, 0.1) is 12.7 Å². The lowest BCUT2D eigenvalue weighted by Gasteiger charge is -2.12. The lowest BCUT2D eigenvalue weighted by molar-refractivity contribution is -0.119. The van der Waals surface area contributed by atoms with E-state index in [2.05, 4.69) is 20.6 Å². The van der Waals surface area contributed by atoms with Gasteiger partial charge in [-0.15, -0.1) is 0 Å². The first-order valence-corrected chi connectivity index (χ1v) is 10.4. The number of carbonyl (C=O) groups is 1. The molecule has 0 saturated carbocycles. The molecule has 3 aromatic rings. The summed E-state index contributed by atoms with van der Waals surface area (Å²) in [7, 11) is -3.91. The van der Waals surface area contributed by atoms with Crippen molar-refractivity contribution in [3.8, 4) is 5.75 Å². The average molecular weight is 446 g/mol. The van der Waals surface area contributed by atoms with Crippen LogP contribution in [0.3, 0.4) is 0 Å². The molecule has 0 aliphatic heterocycles. The third-order valence-corrected chi connectivity index (χ3v) is 5.03. The second-order valence-electron chi connectivity index (χ2n) is 6.45. The quantitative estimate of drug-likeness (QED) is 0.408. The highest BCUT2D eigenvalue weighted by Crippen LogP contribution is 2.25. The minimum atomic E-state index is -3.91. The number of amides is 1. The largest absolute Gasteiger partial charge is 0.484 e. The van der Waals surface area contributed by atoms with Crippen LogP contribution < -0.4 is 26.2 Å². The molecule has 10 nitrogen and oxygen atoms in total. The van der Waals surface area contributed by atoms with Crippen molar-refractivity contribution in [3.63, 3.8) is 0 Å². The number of ether oxygens (including phenoxy) is 1. The molecule has 0 fully saturated rings. The second kappa shape index (κ2) is 8.93. The van der Waals surface area contributed by atoms with Gasteiger partial charge in [0.05, 0.1) is 11.1 Å². The SMILES string of the molecule is Cc1ccc(Nc2ncc(F)c(Nc3cccc(OCC(N)=O)c3)n2)cc1S(N)(=O)=O. The number of sulfonamides is 1. The molecule has 1 heterocycles. The monoisotopic (exact) mass is 446 g/mol. The topological polar surface area (TPSA) is 162 Å². The number of aryl methyl sites for hydroxylation is 1. The summed E-state index contributed by atoms with van der Waals surface area (Å²) in [6.45, 7) is 1.32. The number of anilines is 4. The first kappa shape index (κ1) is 21.9. The molecule has 1 aromatic heterocycles. The summed E-state index contributed by atoms with van der Waals surface area (Å²) < 4.78 is 42.8. The number of hydrogen-bond acceptors (Lipinski definition) is 8. The van der Waals surface area contributed by atoms with Crippen molar-refractivity contribution in [2.45, 2.75) is 11.8 Å². The zero-order valence-electron chi connectivity index (χ0n) is 16.3. The van der Waals surface area contributed by atoms with Crippen molar-refractivity contribution >= 4 is 39.1 Å². The van der Waals surface area contributed by atoms with E-state index in [9.17, 15) is 17.6 Å². The van der Waals surface area contributed by atoms with Crippen LogP contribution in [0.5, 0.6) is 5.75 Å². The molecule has 1 amide bonds. The van der Waals surface area contributed by atoms with E-state index in [4.69, 9.17) is 15.6 Å². The highest BCUT2D eigenvalue weighted by atomic mass is 32.2. The number of hydrogen-bond donors (Lipinski definition) is 4. The standard InChI is InChI=1S/C19H19FN6O4S/c1-11-5-6-13(8-16(11)31(22,28)29)25-19-23-9-15(20)18(26-19)24-12-3-2-4-14(7-12)30-10-17(21)27/h2-9H,10H2,1H3,(H2,21,27)(H2,22,28,29)(H2,23,24,25,26). The number of aromatic nitrogens is 2. The van der Waals surface area contributed by atoms with E-state index in [0.29, 0.717) is 22.7 Å². The molecule has 0 bridgehead atoms. The molecular weight excluding hydrogens is 427 g/mol. The second-order valence-corrected chi connectivity index (χ2v) is 7.98. The van der Waals surface area contributed by atoms with Crippen molar-refractivity contribution in [1.29, 1.82) is 0 Å². The number of nitrogens with one attached hydrogen (secondary N) is 2. The molecule has 0 aliphatic carbocycles. The van der Waals surface area contributed by atoms with Gasteiger partial charge in [-0.25, -0.2) is 22.9 Å². The van der Waals surface area contributed by atoms with Gasteiger partial charge in [0.15, 0.2) is 18.2 Å². The van der Waals surface area contributed by atoms with Crippen molar-refractivity contribution < 1.29 is 22.3 Å². The number of halogens is 1. The van der Waals surface area contributed by atoms with Crippen LogP contribution in [0.4, 0.5) is 27.5 Å². The fourth-order valence-corrected chi connectivity index (χ4v) is 3.39. The predicted octanol–water partition coefficient (Wildman–Crippen LogP) is 1.92. The van der Waals surface area contributed by atoms with Gasteiger partial charge >= 0.3 is 0 Å². The molecule has 2 aromatic carbocycles. The Morgan fingerprint density at radius 1 is 1.16 bits per heavy atom. The number of primary sulfonamides is 1. The number of nitrogens with zero attached hydrogens (tertiary/aromatic N) is 2. The molecular formula is C19H19FN6O4S. The van der Waals surface area contributed by atoms with Crippen LogP contribution in [-0.2, 0) is 14.8 Å². The minimum Gasteiger partial charge on any atom is -0.484 e. The summed E-state index contributed by atoms with van der Waals surface area (Å²) >= 11 is 0. The van der Waals surface area contributed by atoms with Crippen LogP contribution >= 0.6 is 0 Å². The van der Waals surface area contributed by atoms with Gasteiger partial charge in [0.2, 0.25) is 16.0 Å². The van der Waals surface area contributed by atoms with Crippen LogP contribution in [-0.4, -0.2) is 30.9 Å². The fourth-order valence-electron chi connectivity index (χ4n) is 2.58. The van der Waals surface area contributed by atoms with Gasteiger partial charge in [0, 0.05) is 17.4 Å². The van der Waals surface area contributed by atoms with Crippen molar-refractivity contribution in [1.82, 2.24) is 9.97 Å². The van der Waals surface area contributed by atoms with Crippen molar-refractivity contribution in [2.24, 2.45) is 10.9 Å².